The molecule has 0 aliphatic heterocycles. The summed E-state index contributed by atoms with van der Waals surface area (Å²) in [5, 5.41) is 2.89. The van der Waals surface area contributed by atoms with Crippen molar-refractivity contribution in [2.75, 3.05) is 30.4 Å². The maximum Gasteiger partial charge on any atom is 0.416 e. The molecule has 0 saturated carbocycles. The molecule has 0 aliphatic carbocycles. The SMILES string of the molecule is CCCNc1cc(C(F)(F)F)cc(N(C)CC)n1. The Kier molecular flexibility index (Phi) is 4.81. The molecule has 18 heavy (non-hydrogen) atoms. The van der Waals surface area contributed by atoms with E-state index in [1.54, 1.807) is 11.9 Å². The van der Waals surface area contributed by atoms with E-state index in [2.05, 4.69) is 10.3 Å². The van der Waals surface area contributed by atoms with Crippen LogP contribution < -0.4 is 10.2 Å². The first-order chi connectivity index (χ1) is 8.38. The van der Waals surface area contributed by atoms with Gasteiger partial charge in [-0.15, -0.1) is 0 Å². The van der Waals surface area contributed by atoms with Gasteiger partial charge in [-0.25, -0.2) is 4.98 Å². The number of halogens is 3. The van der Waals surface area contributed by atoms with Crippen LogP contribution in [0.2, 0.25) is 0 Å². The zero-order valence-corrected chi connectivity index (χ0v) is 10.8. The highest BCUT2D eigenvalue weighted by Crippen LogP contribution is 2.32. The lowest BCUT2D eigenvalue weighted by atomic mass is 10.2. The summed E-state index contributed by atoms with van der Waals surface area (Å²) in [6.45, 7) is 5.01. The van der Waals surface area contributed by atoms with Crippen molar-refractivity contribution in [2.45, 2.75) is 26.4 Å². The van der Waals surface area contributed by atoms with E-state index >= 15 is 0 Å². The molecule has 1 heterocycles. The molecule has 0 radical (unpaired) electrons. The summed E-state index contributed by atoms with van der Waals surface area (Å²) < 4.78 is 38.3. The lowest BCUT2D eigenvalue weighted by molar-refractivity contribution is -0.137. The molecular formula is C12H18F3N3. The van der Waals surface area contributed by atoms with E-state index in [0.29, 0.717) is 18.9 Å². The summed E-state index contributed by atoms with van der Waals surface area (Å²) in [6, 6.07) is 2.11. The predicted molar refractivity (Wildman–Crippen MR) is 67.0 cm³/mol. The smallest absolute Gasteiger partial charge is 0.370 e. The first kappa shape index (κ1) is 14.6. The van der Waals surface area contributed by atoms with E-state index in [1.807, 2.05) is 13.8 Å². The van der Waals surface area contributed by atoms with Gasteiger partial charge in [0.2, 0.25) is 0 Å². The summed E-state index contributed by atoms with van der Waals surface area (Å²) in [7, 11) is 1.71. The third-order valence-corrected chi connectivity index (χ3v) is 2.56. The number of anilines is 2. The van der Waals surface area contributed by atoms with Gasteiger partial charge in [0.25, 0.3) is 0 Å². The highest BCUT2D eigenvalue weighted by molar-refractivity contribution is 5.50. The quantitative estimate of drug-likeness (QED) is 0.880. The standard InChI is InChI=1S/C12H18F3N3/c1-4-6-16-10-7-9(12(13,14)15)8-11(17-10)18(3)5-2/h7-8H,4-6H2,1-3H3,(H,16,17). The molecule has 0 bridgehead atoms. The van der Waals surface area contributed by atoms with Crippen LogP contribution in [-0.2, 0) is 6.18 Å². The largest absolute Gasteiger partial charge is 0.416 e. The Bertz CT molecular complexity index is 391. The van der Waals surface area contributed by atoms with Crippen LogP contribution in [0.1, 0.15) is 25.8 Å². The second-order valence-electron chi connectivity index (χ2n) is 4.04. The molecule has 0 aromatic carbocycles. The van der Waals surface area contributed by atoms with E-state index in [0.717, 1.165) is 18.6 Å². The molecule has 0 aliphatic rings. The van der Waals surface area contributed by atoms with Gasteiger partial charge in [0.05, 0.1) is 5.56 Å². The fourth-order valence-electron chi connectivity index (χ4n) is 1.38. The van der Waals surface area contributed by atoms with E-state index < -0.39 is 11.7 Å². The Morgan fingerprint density at radius 3 is 2.44 bits per heavy atom. The van der Waals surface area contributed by atoms with Crippen LogP contribution >= 0.6 is 0 Å². The van der Waals surface area contributed by atoms with E-state index in [9.17, 15) is 13.2 Å². The summed E-state index contributed by atoms with van der Waals surface area (Å²) in [5.41, 5.74) is -0.675. The maximum atomic E-state index is 12.8. The van der Waals surface area contributed by atoms with Gasteiger partial charge in [-0.1, -0.05) is 6.92 Å². The van der Waals surface area contributed by atoms with Crippen LogP contribution in [-0.4, -0.2) is 25.1 Å². The van der Waals surface area contributed by atoms with Gasteiger partial charge in [0.1, 0.15) is 11.6 Å². The normalized spacial score (nSPS) is 11.4. The fraction of sp³-hybridized carbons (Fsp3) is 0.583. The number of nitrogens with zero attached hydrogens (tertiary/aromatic N) is 2. The highest BCUT2D eigenvalue weighted by atomic mass is 19.4. The van der Waals surface area contributed by atoms with Crippen molar-refractivity contribution in [1.82, 2.24) is 4.98 Å². The number of hydrogen-bond acceptors (Lipinski definition) is 3. The third kappa shape index (κ3) is 3.78. The molecule has 0 atom stereocenters. The van der Waals surface area contributed by atoms with Crippen molar-refractivity contribution >= 4 is 11.6 Å². The summed E-state index contributed by atoms with van der Waals surface area (Å²) in [6.07, 6.45) is -3.52. The molecule has 1 rings (SSSR count). The topological polar surface area (TPSA) is 28.2 Å². The molecule has 1 aromatic heterocycles. The van der Waals surface area contributed by atoms with Crippen LogP contribution in [0.5, 0.6) is 0 Å². The molecule has 3 nitrogen and oxygen atoms in total. The summed E-state index contributed by atoms with van der Waals surface area (Å²) in [5.74, 6) is 0.591. The van der Waals surface area contributed by atoms with Gasteiger partial charge in [0.15, 0.2) is 0 Å². The van der Waals surface area contributed by atoms with Crippen molar-refractivity contribution in [3.05, 3.63) is 17.7 Å². The molecule has 0 saturated heterocycles. The molecule has 6 heteroatoms. The van der Waals surface area contributed by atoms with Gasteiger partial charge in [-0.2, -0.15) is 13.2 Å². The Balaban J connectivity index is 3.12. The Morgan fingerprint density at radius 1 is 1.28 bits per heavy atom. The first-order valence-electron chi connectivity index (χ1n) is 5.92. The van der Waals surface area contributed by atoms with Crippen molar-refractivity contribution in [3.63, 3.8) is 0 Å². The average Bonchev–Trinajstić information content (AvgIpc) is 2.33. The van der Waals surface area contributed by atoms with Gasteiger partial charge in [0, 0.05) is 20.1 Å². The van der Waals surface area contributed by atoms with Crippen LogP contribution in [0.25, 0.3) is 0 Å². The highest BCUT2D eigenvalue weighted by Gasteiger charge is 2.31. The Morgan fingerprint density at radius 2 is 1.94 bits per heavy atom. The average molecular weight is 261 g/mol. The molecule has 1 N–H and O–H groups in total. The number of hydrogen-bond donors (Lipinski definition) is 1. The zero-order valence-electron chi connectivity index (χ0n) is 10.8. The number of alkyl halides is 3. The number of rotatable bonds is 5. The molecule has 102 valence electrons. The van der Waals surface area contributed by atoms with E-state index in [-0.39, 0.29) is 5.82 Å². The molecular weight excluding hydrogens is 243 g/mol. The molecule has 0 unspecified atom stereocenters. The number of nitrogens with one attached hydrogen (secondary N) is 1. The summed E-state index contributed by atoms with van der Waals surface area (Å²) >= 11 is 0. The number of pyridine rings is 1. The van der Waals surface area contributed by atoms with Gasteiger partial charge in [-0.3, -0.25) is 0 Å². The third-order valence-electron chi connectivity index (χ3n) is 2.56. The van der Waals surface area contributed by atoms with Crippen molar-refractivity contribution < 1.29 is 13.2 Å². The van der Waals surface area contributed by atoms with Crippen molar-refractivity contribution in [1.29, 1.82) is 0 Å². The lowest BCUT2D eigenvalue weighted by Gasteiger charge is -2.19. The lowest BCUT2D eigenvalue weighted by Crippen LogP contribution is -2.19. The van der Waals surface area contributed by atoms with Crippen LogP contribution in [0.15, 0.2) is 12.1 Å². The maximum absolute atomic E-state index is 12.8. The fourth-order valence-corrected chi connectivity index (χ4v) is 1.38. The molecule has 0 amide bonds. The number of aromatic nitrogens is 1. The Labute approximate surface area is 105 Å². The van der Waals surface area contributed by atoms with E-state index in [1.165, 1.54) is 0 Å². The summed E-state index contributed by atoms with van der Waals surface area (Å²) in [4.78, 5) is 5.84. The van der Waals surface area contributed by atoms with Gasteiger partial charge < -0.3 is 10.2 Å². The van der Waals surface area contributed by atoms with Crippen LogP contribution in [0, 0.1) is 0 Å². The molecule has 0 spiro atoms. The van der Waals surface area contributed by atoms with Gasteiger partial charge in [-0.05, 0) is 25.5 Å². The van der Waals surface area contributed by atoms with Gasteiger partial charge >= 0.3 is 6.18 Å². The van der Waals surface area contributed by atoms with Crippen LogP contribution in [0.3, 0.4) is 0 Å². The molecule has 1 aromatic rings. The minimum atomic E-state index is -4.35. The van der Waals surface area contributed by atoms with Crippen LogP contribution in [0.4, 0.5) is 24.8 Å². The first-order valence-corrected chi connectivity index (χ1v) is 5.92. The van der Waals surface area contributed by atoms with E-state index in [4.69, 9.17) is 0 Å². The second kappa shape index (κ2) is 5.93. The second-order valence-corrected chi connectivity index (χ2v) is 4.04. The van der Waals surface area contributed by atoms with Crippen molar-refractivity contribution in [3.8, 4) is 0 Å². The monoisotopic (exact) mass is 261 g/mol. The Hall–Kier alpha value is -1.46. The minimum absolute atomic E-state index is 0.266. The predicted octanol–water partition coefficient (Wildman–Crippen LogP) is 3.38. The van der Waals surface area contributed by atoms with Crippen molar-refractivity contribution in [2.24, 2.45) is 0 Å². The molecule has 0 fully saturated rings. The minimum Gasteiger partial charge on any atom is -0.370 e. The zero-order chi connectivity index (χ0) is 13.8.